The van der Waals surface area contributed by atoms with Crippen LogP contribution >= 0.6 is 0 Å². The second-order valence-corrected chi connectivity index (χ2v) is 5.85. The third-order valence-corrected chi connectivity index (χ3v) is 3.82. The number of methoxy groups -OCH3 is 1. The van der Waals surface area contributed by atoms with Crippen molar-refractivity contribution in [3.8, 4) is 5.75 Å². The van der Waals surface area contributed by atoms with E-state index in [1.54, 1.807) is 6.07 Å². The second kappa shape index (κ2) is 9.20. The summed E-state index contributed by atoms with van der Waals surface area (Å²) in [6.07, 6.45) is 1.86. The Balaban J connectivity index is 2.24. The van der Waals surface area contributed by atoms with Gasteiger partial charge in [0.15, 0.2) is 17.4 Å². The van der Waals surface area contributed by atoms with Crippen LogP contribution in [0.3, 0.4) is 0 Å². The van der Waals surface area contributed by atoms with Gasteiger partial charge in [-0.3, -0.25) is 9.59 Å². The molecule has 0 aliphatic rings. The maximum Gasteiger partial charge on any atom is 0.261 e. The van der Waals surface area contributed by atoms with E-state index in [-0.39, 0.29) is 11.6 Å². The number of benzene rings is 2. The van der Waals surface area contributed by atoms with Crippen LogP contribution in [0.5, 0.6) is 5.75 Å². The Kier molecular flexibility index (Phi) is 6.97. The lowest BCUT2D eigenvalue weighted by molar-refractivity contribution is -0.116. The molecule has 2 aromatic rings. The van der Waals surface area contributed by atoms with Crippen molar-refractivity contribution in [3.63, 3.8) is 0 Å². The second-order valence-electron chi connectivity index (χ2n) is 5.85. The summed E-state index contributed by atoms with van der Waals surface area (Å²) in [5.74, 6) is -10.3. The van der Waals surface area contributed by atoms with Crippen molar-refractivity contribution in [3.05, 3.63) is 53.1 Å². The van der Waals surface area contributed by atoms with Gasteiger partial charge in [0.25, 0.3) is 5.91 Å². The molecule has 0 unspecified atom stereocenters. The molecule has 2 aromatic carbocycles. The molecule has 2 N–H and O–H groups in total. The van der Waals surface area contributed by atoms with Crippen LogP contribution in [0, 0.1) is 23.3 Å². The summed E-state index contributed by atoms with van der Waals surface area (Å²) in [6, 6.07) is 5.75. The molecule has 0 aromatic heterocycles. The Morgan fingerprint density at radius 3 is 2.07 bits per heavy atom. The molecular formula is C19H18F4N2O3. The first kappa shape index (κ1) is 21.2. The molecule has 0 aliphatic heterocycles. The van der Waals surface area contributed by atoms with Crippen molar-refractivity contribution in [2.24, 2.45) is 0 Å². The quantitative estimate of drug-likeness (QED) is 0.528. The molecule has 2 amide bonds. The number of hydrogen-bond acceptors (Lipinski definition) is 3. The summed E-state index contributed by atoms with van der Waals surface area (Å²) in [7, 11) is 0.834. The van der Waals surface area contributed by atoms with E-state index in [1.807, 2.05) is 6.92 Å². The molecule has 0 saturated heterocycles. The molecule has 0 radical (unpaired) electrons. The van der Waals surface area contributed by atoms with Crippen LogP contribution in [0.1, 0.15) is 36.5 Å². The molecule has 2 rings (SSSR count). The number of carbonyl (C=O) groups excluding carboxylic acids is 2. The predicted octanol–water partition coefficient (Wildman–Crippen LogP) is 4.63. The lowest BCUT2D eigenvalue weighted by atomic mass is 10.1. The van der Waals surface area contributed by atoms with Crippen LogP contribution in [-0.2, 0) is 4.79 Å². The smallest absolute Gasteiger partial charge is 0.261 e. The van der Waals surface area contributed by atoms with Gasteiger partial charge < -0.3 is 15.4 Å². The van der Waals surface area contributed by atoms with Gasteiger partial charge in [-0.1, -0.05) is 19.4 Å². The number of carbonyl (C=O) groups is 2. The predicted molar refractivity (Wildman–Crippen MR) is 95.4 cm³/mol. The normalized spacial score (nSPS) is 10.5. The number of nitrogens with one attached hydrogen (secondary N) is 2. The topological polar surface area (TPSA) is 67.4 Å². The summed E-state index contributed by atoms with van der Waals surface area (Å²) in [4.78, 5) is 23.9. The highest BCUT2D eigenvalue weighted by molar-refractivity contribution is 6.05. The molecule has 150 valence electrons. The van der Waals surface area contributed by atoms with Crippen LogP contribution in [0.15, 0.2) is 24.3 Å². The summed E-state index contributed by atoms with van der Waals surface area (Å²) in [5, 5.41) is 4.76. The lowest BCUT2D eigenvalue weighted by Gasteiger charge is -2.12. The zero-order valence-corrected chi connectivity index (χ0v) is 15.2. The molecule has 0 saturated carbocycles. The number of anilines is 2. The van der Waals surface area contributed by atoms with Crippen molar-refractivity contribution >= 4 is 23.2 Å². The van der Waals surface area contributed by atoms with Gasteiger partial charge in [0.1, 0.15) is 5.56 Å². The molecule has 28 heavy (non-hydrogen) atoms. The summed E-state index contributed by atoms with van der Waals surface area (Å²) in [5.41, 5.74) is -1.02. The maximum absolute atomic E-state index is 14.0. The van der Waals surface area contributed by atoms with Crippen molar-refractivity contribution in [2.75, 3.05) is 17.7 Å². The average Bonchev–Trinajstić information content (AvgIpc) is 2.65. The van der Waals surface area contributed by atoms with Crippen LogP contribution in [0.2, 0.25) is 0 Å². The van der Waals surface area contributed by atoms with E-state index in [0.29, 0.717) is 18.5 Å². The van der Waals surface area contributed by atoms with E-state index in [2.05, 4.69) is 15.4 Å². The average molecular weight is 398 g/mol. The molecule has 9 heteroatoms. The van der Waals surface area contributed by atoms with Crippen molar-refractivity contribution in [1.29, 1.82) is 0 Å². The summed E-state index contributed by atoms with van der Waals surface area (Å²) < 4.78 is 59.9. The number of halogens is 4. The van der Waals surface area contributed by atoms with E-state index in [1.165, 1.54) is 18.2 Å². The molecule has 0 spiro atoms. The Morgan fingerprint density at radius 1 is 0.964 bits per heavy atom. The number of hydrogen-bond donors (Lipinski definition) is 2. The largest absolute Gasteiger partial charge is 0.491 e. The van der Waals surface area contributed by atoms with Crippen LogP contribution in [0.25, 0.3) is 0 Å². The fraction of sp³-hybridized carbons (Fsp3) is 0.263. The highest BCUT2D eigenvalue weighted by atomic mass is 19.2. The van der Waals surface area contributed by atoms with E-state index in [0.717, 1.165) is 13.5 Å². The highest BCUT2D eigenvalue weighted by Crippen LogP contribution is 2.30. The van der Waals surface area contributed by atoms with Gasteiger partial charge in [0.2, 0.25) is 17.5 Å². The van der Waals surface area contributed by atoms with Gasteiger partial charge in [0, 0.05) is 17.8 Å². The lowest BCUT2D eigenvalue weighted by Crippen LogP contribution is -2.19. The molecule has 0 fully saturated rings. The fourth-order valence-electron chi connectivity index (χ4n) is 2.42. The van der Waals surface area contributed by atoms with Gasteiger partial charge >= 0.3 is 0 Å². The van der Waals surface area contributed by atoms with Crippen molar-refractivity contribution in [2.45, 2.75) is 26.2 Å². The summed E-state index contributed by atoms with van der Waals surface area (Å²) >= 11 is 0. The third-order valence-electron chi connectivity index (χ3n) is 3.82. The first-order valence-corrected chi connectivity index (χ1v) is 8.41. The molecule has 0 aliphatic carbocycles. The maximum atomic E-state index is 14.0. The minimum absolute atomic E-state index is 0.0636. The van der Waals surface area contributed by atoms with E-state index in [4.69, 9.17) is 0 Å². The Labute approximate surface area is 158 Å². The zero-order valence-electron chi connectivity index (χ0n) is 15.2. The third kappa shape index (κ3) is 4.59. The van der Waals surface area contributed by atoms with E-state index < -0.39 is 40.5 Å². The fourth-order valence-corrected chi connectivity index (χ4v) is 2.42. The van der Waals surface area contributed by atoms with E-state index in [9.17, 15) is 27.2 Å². The first-order chi connectivity index (χ1) is 13.3. The Morgan fingerprint density at radius 2 is 1.54 bits per heavy atom. The van der Waals surface area contributed by atoms with Crippen molar-refractivity contribution < 1.29 is 31.9 Å². The van der Waals surface area contributed by atoms with Gasteiger partial charge in [-0.15, -0.1) is 0 Å². The van der Waals surface area contributed by atoms with Crippen molar-refractivity contribution in [1.82, 2.24) is 0 Å². The van der Waals surface area contributed by atoms with E-state index >= 15 is 0 Å². The van der Waals surface area contributed by atoms with Gasteiger partial charge in [-0.25, -0.2) is 8.78 Å². The van der Waals surface area contributed by atoms with Gasteiger partial charge in [-0.2, -0.15) is 8.78 Å². The van der Waals surface area contributed by atoms with Crippen LogP contribution in [0.4, 0.5) is 28.9 Å². The minimum Gasteiger partial charge on any atom is -0.491 e. The molecule has 5 nitrogen and oxygen atoms in total. The first-order valence-electron chi connectivity index (χ1n) is 8.41. The molecule has 0 bridgehead atoms. The standard InChI is InChI=1S/C19H18F4N2O3/c1-3-4-8-12(26)24-10-6-5-7-11(9-10)25-19(27)13-14(20)16(22)18(28-2)17(23)15(13)21/h5-7,9H,3-4,8H2,1-2H3,(H,24,26)(H,25,27). The van der Waals surface area contributed by atoms with Gasteiger partial charge in [-0.05, 0) is 24.6 Å². The molecule has 0 heterocycles. The minimum atomic E-state index is -1.88. The Hall–Kier alpha value is -3.10. The zero-order chi connectivity index (χ0) is 20.8. The SMILES string of the molecule is CCCCC(=O)Nc1cccc(NC(=O)c2c(F)c(F)c(OC)c(F)c2F)c1. The Bertz CT molecular complexity index is 874. The molecule has 0 atom stereocenters. The number of ether oxygens (including phenoxy) is 1. The van der Waals surface area contributed by atoms with Crippen LogP contribution in [-0.4, -0.2) is 18.9 Å². The number of amides is 2. The van der Waals surface area contributed by atoms with Gasteiger partial charge in [0.05, 0.1) is 7.11 Å². The summed E-state index contributed by atoms with van der Waals surface area (Å²) in [6.45, 7) is 1.94. The van der Waals surface area contributed by atoms with Crippen LogP contribution < -0.4 is 15.4 Å². The number of rotatable bonds is 7. The molecular weight excluding hydrogens is 380 g/mol. The number of unbranched alkanes of at least 4 members (excludes halogenated alkanes) is 1. The highest BCUT2D eigenvalue weighted by Gasteiger charge is 2.30. The monoisotopic (exact) mass is 398 g/mol.